The van der Waals surface area contributed by atoms with Crippen LogP contribution in [-0.2, 0) is 9.59 Å². The smallest absolute Gasteiger partial charge is 0.223 e. The predicted molar refractivity (Wildman–Crippen MR) is 138 cm³/mol. The number of likely N-dealkylation sites (tertiary alicyclic amines) is 2. The quantitative estimate of drug-likeness (QED) is 0.573. The number of rotatable bonds is 7. The fourth-order valence-corrected chi connectivity index (χ4v) is 6.21. The summed E-state index contributed by atoms with van der Waals surface area (Å²) in [5.41, 5.74) is 1.52. The molecule has 7 heteroatoms. The molecular formula is C28H41ClN2O4. The number of hydrogen-bond donors (Lipinski definition) is 1. The highest BCUT2D eigenvalue weighted by atomic mass is 35.5. The third-order valence-corrected chi connectivity index (χ3v) is 8.85. The maximum atomic E-state index is 13.4. The van der Waals surface area contributed by atoms with Gasteiger partial charge in [-0.05, 0) is 81.5 Å². The number of carbonyl (C=O) groups is 2. The number of amides is 2. The van der Waals surface area contributed by atoms with E-state index in [4.69, 9.17) is 16.3 Å². The van der Waals surface area contributed by atoms with E-state index in [-0.39, 0.29) is 17.9 Å². The van der Waals surface area contributed by atoms with Crippen LogP contribution in [0.3, 0.4) is 0 Å². The summed E-state index contributed by atoms with van der Waals surface area (Å²) in [6.07, 6.45) is 8.44. The lowest BCUT2D eigenvalue weighted by molar-refractivity contribution is -0.143. The van der Waals surface area contributed by atoms with Crippen LogP contribution in [0, 0.1) is 25.2 Å². The van der Waals surface area contributed by atoms with E-state index in [2.05, 4.69) is 0 Å². The van der Waals surface area contributed by atoms with E-state index in [9.17, 15) is 14.7 Å². The summed E-state index contributed by atoms with van der Waals surface area (Å²) in [6, 6.07) is 3.89. The highest BCUT2D eigenvalue weighted by molar-refractivity contribution is 6.32. The van der Waals surface area contributed by atoms with E-state index in [1.807, 2.05) is 35.8 Å². The average Bonchev–Trinajstić information content (AvgIpc) is 3.35. The molecule has 1 aromatic carbocycles. The van der Waals surface area contributed by atoms with Gasteiger partial charge in [0, 0.05) is 49.5 Å². The minimum Gasteiger partial charge on any atom is -0.493 e. The van der Waals surface area contributed by atoms with Gasteiger partial charge in [-0.2, -0.15) is 0 Å². The van der Waals surface area contributed by atoms with Gasteiger partial charge in [0.2, 0.25) is 11.8 Å². The van der Waals surface area contributed by atoms with Gasteiger partial charge in [0.15, 0.2) is 0 Å². The van der Waals surface area contributed by atoms with Gasteiger partial charge in [-0.3, -0.25) is 9.59 Å². The summed E-state index contributed by atoms with van der Waals surface area (Å²) in [7, 11) is 0. The molecule has 0 bridgehead atoms. The summed E-state index contributed by atoms with van der Waals surface area (Å²) in [5.74, 6) is 1.60. The second-order valence-corrected chi connectivity index (χ2v) is 11.6. The lowest BCUT2D eigenvalue weighted by Gasteiger charge is -2.43. The highest BCUT2D eigenvalue weighted by Gasteiger charge is 2.41. The van der Waals surface area contributed by atoms with Gasteiger partial charge in [0.05, 0.1) is 12.7 Å². The van der Waals surface area contributed by atoms with Crippen LogP contribution < -0.4 is 4.74 Å². The van der Waals surface area contributed by atoms with E-state index in [0.717, 1.165) is 54.1 Å². The van der Waals surface area contributed by atoms with Gasteiger partial charge in [0.25, 0.3) is 0 Å². The van der Waals surface area contributed by atoms with Crippen molar-refractivity contribution in [1.82, 2.24) is 9.80 Å². The molecule has 1 saturated carbocycles. The van der Waals surface area contributed by atoms with Crippen molar-refractivity contribution >= 4 is 23.4 Å². The summed E-state index contributed by atoms with van der Waals surface area (Å²) < 4.78 is 6.32. The molecule has 0 unspecified atom stereocenters. The van der Waals surface area contributed by atoms with Gasteiger partial charge in [-0.15, -0.1) is 0 Å². The maximum absolute atomic E-state index is 13.4. The molecule has 0 radical (unpaired) electrons. The molecule has 3 aliphatic rings. The summed E-state index contributed by atoms with van der Waals surface area (Å²) in [6.45, 7) is 6.84. The van der Waals surface area contributed by atoms with Gasteiger partial charge < -0.3 is 19.6 Å². The molecule has 35 heavy (non-hydrogen) atoms. The number of benzene rings is 1. The maximum Gasteiger partial charge on any atom is 0.223 e. The number of ether oxygens (including phenoxy) is 1. The molecule has 2 heterocycles. The zero-order valence-electron chi connectivity index (χ0n) is 21.4. The Balaban J connectivity index is 1.48. The summed E-state index contributed by atoms with van der Waals surface area (Å²) >= 11 is 6.35. The van der Waals surface area contributed by atoms with Crippen molar-refractivity contribution in [2.45, 2.75) is 84.2 Å². The average molecular weight is 505 g/mol. The summed E-state index contributed by atoms with van der Waals surface area (Å²) in [4.78, 5) is 30.5. The SMILES string of the molecule is Cc1cc(OC[C@@]2(CC(=O)N3CCC(O)CC3)CCCN(C(=O)CC3CCCC3)C2)cc(C)c1Cl. The Labute approximate surface area is 214 Å². The Morgan fingerprint density at radius 2 is 1.66 bits per heavy atom. The fraction of sp³-hybridized carbons (Fsp3) is 0.714. The van der Waals surface area contributed by atoms with Crippen LogP contribution in [0.4, 0.5) is 0 Å². The molecule has 2 aliphatic heterocycles. The minimum atomic E-state index is -0.418. The van der Waals surface area contributed by atoms with Gasteiger partial charge in [-0.1, -0.05) is 24.4 Å². The Bertz CT molecular complexity index is 885. The lowest BCUT2D eigenvalue weighted by atomic mass is 9.77. The zero-order valence-corrected chi connectivity index (χ0v) is 22.1. The van der Waals surface area contributed by atoms with Crippen molar-refractivity contribution < 1.29 is 19.4 Å². The molecule has 0 aromatic heterocycles. The van der Waals surface area contributed by atoms with E-state index >= 15 is 0 Å². The highest BCUT2D eigenvalue weighted by Crippen LogP contribution is 2.37. The number of aliphatic hydroxyl groups excluding tert-OH is 1. The standard InChI is InChI=1S/C28H41ClN2O4/c1-20-14-24(15-21(2)27(20)29)35-19-28(17-26(34)30-12-8-23(32)9-13-30)10-5-11-31(18-28)25(33)16-22-6-3-4-7-22/h14-15,22-23,32H,3-13,16-19H2,1-2H3/t28-/m1/s1. The van der Waals surface area contributed by atoms with Crippen LogP contribution in [0.1, 0.15) is 75.3 Å². The van der Waals surface area contributed by atoms with Crippen LogP contribution in [0.2, 0.25) is 5.02 Å². The normalized spacial score (nSPS) is 24.1. The second kappa shape index (κ2) is 11.5. The second-order valence-electron chi connectivity index (χ2n) is 11.2. The molecule has 1 atom stereocenters. The number of hydrogen-bond acceptors (Lipinski definition) is 4. The number of nitrogens with zero attached hydrogens (tertiary/aromatic N) is 2. The fourth-order valence-electron chi connectivity index (χ4n) is 6.10. The first-order valence-electron chi connectivity index (χ1n) is 13.4. The van der Waals surface area contributed by atoms with E-state index in [0.29, 0.717) is 57.8 Å². The van der Waals surface area contributed by atoms with Crippen molar-refractivity contribution in [3.8, 4) is 5.75 Å². The van der Waals surface area contributed by atoms with Gasteiger partial charge >= 0.3 is 0 Å². The van der Waals surface area contributed by atoms with Crippen molar-refractivity contribution in [3.05, 3.63) is 28.3 Å². The van der Waals surface area contributed by atoms with Crippen LogP contribution in [-0.4, -0.2) is 65.6 Å². The summed E-state index contributed by atoms with van der Waals surface area (Å²) in [5, 5.41) is 10.6. The molecule has 3 fully saturated rings. The number of aliphatic hydroxyl groups is 1. The number of halogens is 1. The first kappa shape index (κ1) is 26.3. The first-order valence-corrected chi connectivity index (χ1v) is 13.8. The van der Waals surface area contributed by atoms with Gasteiger partial charge in [0.1, 0.15) is 5.75 Å². The molecule has 1 aromatic rings. The van der Waals surface area contributed by atoms with Gasteiger partial charge in [-0.25, -0.2) is 0 Å². The van der Waals surface area contributed by atoms with Crippen LogP contribution in [0.5, 0.6) is 5.75 Å². The number of carbonyl (C=O) groups excluding carboxylic acids is 2. The van der Waals surface area contributed by atoms with E-state index < -0.39 is 5.41 Å². The molecule has 4 rings (SSSR count). The molecule has 0 spiro atoms. The molecule has 6 nitrogen and oxygen atoms in total. The Morgan fingerprint density at radius 1 is 1.00 bits per heavy atom. The third-order valence-electron chi connectivity index (χ3n) is 8.25. The van der Waals surface area contributed by atoms with Crippen LogP contribution in [0.15, 0.2) is 12.1 Å². The lowest BCUT2D eigenvalue weighted by Crippen LogP contribution is -2.52. The number of aryl methyl sites for hydroxylation is 2. The molecule has 2 amide bonds. The van der Waals surface area contributed by atoms with Crippen molar-refractivity contribution in [2.75, 3.05) is 32.8 Å². The van der Waals surface area contributed by atoms with Crippen LogP contribution >= 0.6 is 11.6 Å². The topological polar surface area (TPSA) is 70.1 Å². The molecule has 2 saturated heterocycles. The van der Waals surface area contributed by atoms with E-state index in [1.165, 1.54) is 12.8 Å². The molecular weight excluding hydrogens is 464 g/mol. The van der Waals surface area contributed by atoms with E-state index in [1.54, 1.807) is 0 Å². The Hall–Kier alpha value is -1.79. The first-order chi connectivity index (χ1) is 16.7. The monoisotopic (exact) mass is 504 g/mol. The molecule has 1 N–H and O–H groups in total. The zero-order chi connectivity index (χ0) is 25.0. The predicted octanol–water partition coefficient (Wildman–Crippen LogP) is 4.90. The molecule has 1 aliphatic carbocycles. The number of piperidine rings is 2. The minimum absolute atomic E-state index is 0.106. The third kappa shape index (κ3) is 6.71. The van der Waals surface area contributed by atoms with Crippen molar-refractivity contribution in [2.24, 2.45) is 11.3 Å². The largest absolute Gasteiger partial charge is 0.493 e. The van der Waals surface area contributed by atoms with Crippen molar-refractivity contribution in [1.29, 1.82) is 0 Å². The molecule has 194 valence electrons. The van der Waals surface area contributed by atoms with Crippen molar-refractivity contribution in [3.63, 3.8) is 0 Å². The Kier molecular flexibility index (Phi) is 8.64. The van der Waals surface area contributed by atoms with Crippen LogP contribution in [0.25, 0.3) is 0 Å². The Morgan fingerprint density at radius 3 is 2.31 bits per heavy atom.